The maximum absolute atomic E-state index is 12.2. The highest BCUT2D eigenvalue weighted by molar-refractivity contribution is 7.90. The fraction of sp³-hybridized carbons (Fsp3) is 0.333. The average Bonchev–Trinajstić information content (AvgIpc) is 2.51. The van der Waals surface area contributed by atoms with Crippen molar-refractivity contribution >= 4 is 21.4 Å². The SMILES string of the molecule is CS(=O)(=O)c1nc2c(c(=O)[nH]1)CN(Cc1cccc(Cl)c1O)CC2. The lowest BCUT2D eigenvalue weighted by Gasteiger charge is -2.27. The Bertz CT molecular complexity index is 956. The molecular weight excluding hydrogens is 354 g/mol. The molecule has 0 amide bonds. The minimum Gasteiger partial charge on any atom is -0.506 e. The van der Waals surface area contributed by atoms with Crippen molar-refractivity contribution in [2.24, 2.45) is 0 Å². The molecule has 1 aromatic carbocycles. The number of hydrogen-bond donors (Lipinski definition) is 2. The van der Waals surface area contributed by atoms with Gasteiger partial charge in [-0.25, -0.2) is 13.4 Å². The van der Waals surface area contributed by atoms with Gasteiger partial charge in [-0.05, 0) is 6.07 Å². The Labute approximate surface area is 143 Å². The van der Waals surface area contributed by atoms with E-state index in [0.717, 1.165) is 6.26 Å². The van der Waals surface area contributed by atoms with Gasteiger partial charge in [0.1, 0.15) is 5.75 Å². The standard InChI is InChI=1S/C15H16ClN3O4S/c1-24(22,23)15-17-12-5-6-19(8-10(12)14(21)18-15)7-9-3-2-4-11(16)13(9)20/h2-4,20H,5-8H2,1H3,(H,17,18,21). The highest BCUT2D eigenvalue weighted by atomic mass is 35.5. The molecule has 0 fully saturated rings. The first-order chi connectivity index (χ1) is 11.3. The molecule has 1 aliphatic rings. The van der Waals surface area contributed by atoms with Crippen LogP contribution in [-0.2, 0) is 29.3 Å². The summed E-state index contributed by atoms with van der Waals surface area (Å²) in [7, 11) is -3.56. The van der Waals surface area contributed by atoms with E-state index < -0.39 is 15.4 Å². The fourth-order valence-corrected chi connectivity index (χ4v) is 3.45. The highest BCUT2D eigenvalue weighted by Gasteiger charge is 2.24. The molecule has 0 saturated carbocycles. The number of sulfone groups is 1. The molecule has 128 valence electrons. The van der Waals surface area contributed by atoms with E-state index in [0.29, 0.717) is 42.9 Å². The highest BCUT2D eigenvalue weighted by Crippen LogP contribution is 2.29. The van der Waals surface area contributed by atoms with Crippen molar-refractivity contribution in [2.75, 3.05) is 12.8 Å². The molecule has 24 heavy (non-hydrogen) atoms. The molecule has 2 N–H and O–H groups in total. The first kappa shape index (κ1) is 16.9. The Morgan fingerprint density at radius 1 is 1.42 bits per heavy atom. The Balaban J connectivity index is 1.87. The van der Waals surface area contributed by atoms with Gasteiger partial charge in [0.25, 0.3) is 5.56 Å². The number of hydrogen-bond acceptors (Lipinski definition) is 6. The number of halogens is 1. The molecule has 1 aliphatic heterocycles. The van der Waals surface area contributed by atoms with Crippen LogP contribution in [0.5, 0.6) is 5.75 Å². The number of phenols is 1. The predicted octanol–water partition coefficient (Wildman–Crippen LogP) is 1.09. The molecular formula is C15H16ClN3O4S. The van der Waals surface area contributed by atoms with Gasteiger partial charge in [0.15, 0.2) is 0 Å². The van der Waals surface area contributed by atoms with Crippen molar-refractivity contribution in [3.8, 4) is 5.75 Å². The number of fused-ring (bicyclic) bond motifs is 1. The normalized spacial score (nSPS) is 15.2. The van der Waals surface area contributed by atoms with Crippen LogP contribution < -0.4 is 5.56 Å². The van der Waals surface area contributed by atoms with Crippen molar-refractivity contribution in [1.82, 2.24) is 14.9 Å². The number of aromatic nitrogens is 2. The largest absolute Gasteiger partial charge is 0.506 e. The van der Waals surface area contributed by atoms with Gasteiger partial charge in [0, 0.05) is 37.9 Å². The van der Waals surface area contributed by atoms with E-state index in [9.17, 15) is 18.3 Å². The van der Waals surface area contributed by atoms with Crippen molar-refractivity contribution in [3.05, 3.63) is 50.4 Å². The molecule has 0 aliphatic carbocycles. The van der Waals surface area contributed by atoms with E-state index in [-0.39, 0.29) is 15.9 Å². The second kappa shape index (κ2) is 6.19. The number of nitrogens with zero attached hydrogens (tertiary/aromatic N) is 2. The van der Waals surface area contributed by atoms with Gasteiger partial charge in [-0.2, -0.15) is 0 Å². The van der Waals surface area contributed by atoms with Gasteiger partial charge in [-0.1, -0.05) is 23.7 Å². The summed E-state index contributed by atoms with van der Waals surface area (Å²) in [6.07, 6.45) is 1.47. The van der Waals surface area contributed by atoms with Crippen LogP contribution in [0.15, 0.2) is 28.2 Å². The van der Waals surface area contributed by atoms with Crippen LogP contribution in [0.1, 0.15) is 16.8 Å². The summed E-state index contributed by atoms with van der Waals surface area (Å²) < 4.78 is 23.1. The van der Waals surface area contributed by atoms with E-state index in [1.165, 1.54) is 0 Å². The van der Waals surface area contributed by atoms with E-state index >= 15 is 0 Å². The lowest BCUT2D eigenvalue weighted by Crippen LogP contribution is -2.36. The zero-order chi connectivity index (χ0) is 17.5. The second-order valence-electron chi connectivity index (χ2n) is 5.78. The maximum Gasteiger partial charge on any atom is 0.256 e. The van der Waals surface area contributed by atoms with E-state index in [1.54, 1.807) is 18.2 Å². The summed E-state index contributed by atoms with van der Waals surface area (Å²) in [4.78, 5) is 20.6. The average molecular weight is 370 g/mol. The summed E-state index contributed by atoms with van der Waals surface area (Å²) in [5, 5.41) is 9.98. The number of benzene rings is 1. The zero-order valence-corrected chi connectivity index (χ0v) is 14.5. The molecule has 2 aromatic rings. The number of H-pyrrole nitrogens is 1. The van der Waals surface area contributed by atoms with Gasteiger partial charge in [0.05, 0.1) is 16.3 Å². The van der Waals surface area contributed by atoms with Crippen LogP contribution >= 0.6 is 11.6 Å². The lowest BCUT2D eigenvalue weighted by molar-refractivity contribution is 0.238. The third kappa shape index (κ3) is 3.31. The van der Waals surface area contributed by atoms with Gasteiger partial charge in [0.2, 0.25) is 15.0 Å². The smallest absolute Gasteiger partial charge is 0.256 e. The van der Waals surface area contributed by atoms with Crippen LogP contribution in [-0.4, -0.2) is 41.2 Å². The first-order valence-corrected chi connectivity index (χ1v) is 9.53. The Hall–Kier alpha value is -1.90. The number of rotatable bonds is 3. The Morgan fingerprint density at radius 2 is 2.17 bits per heavy atom. The van der Waals surface area contributed by atoms with E-state index in [2.05, 4.69) is 9.97 Å². The number of aromatic hydroxyl groups is 1. The van der Waals surface area contributed by atoms with Crippen LogP contribution in [0.3, 0.4) is 0 Å². The number of nitrogens with one attached hydrogen (secondary N) is 1. The summed E-state index contributed by atoms with van der Waals surface area (Å²) >= 11 is 5.91. The minimum absolute atomic E-state index is 0.0319. The van der Waals surface area contributed by atoms with Crippen molar-refractivity contribution in [2.45, 2.75) is 24.7 Å². The number of para-hydroxylation sites is 1. The van der Waals surface area contributed by atoms with Gasteiger partial charge >= 0.3 is 0 Å². The molecule has 0 bridgehead atoms. The molecule has 0 spiro atoms. The van der Waals surface area contributed by atoms with Crippen molar-refractivity contribution in [3.63, 3.8) is 0 Å². The molecule has 2 heterocycles. The van der Waals surface area contributed by atoms with E-state index in [1.807, 2.05) is 4.90 Å². The van der Waals surface area contributed by atoms with Crippen LogP contribution in [0.2, 0.25) is 5.02 Å². The number of aromatic amines is 1. The van der Waals surface area contributed by atoms with Gasteiger partial charge < -0.3 is 5.11 Å². The van der Waals surface area contributed by atoms with Crippen molar-refractivity contribution in [1.29, 1.82) is 0 Å². The quantitative estimate of drug-likeness (QED) is 0.785. The van der Waals surface area contributed by atoms with Gasteiger partial charge in [-0.15, -0.1) is 0 Å². The summed E-state index contributed by atoms with van der Waals surface area (Å²) in [6, 6.07) is 5.13. The lowest BCUT2D eigenvalue weighted by atomic mass is 10.1. The first-order valence-electron chi connectivity index (χ1n) is 7.26. The minimum atomic E-state index is -3.56. The molecule has 9 heteroatoms. The maximum atomic E-state index is 12.2. The van der Waals surface area contributed by atoms with E-state index in [4.69, 9.17) is 11.6 Å². The van der Waals surface area contributed by atoms with Gasteiger partial charge in [-0.3, -0.25) is 14.7 Å². The topological polar surface area (TPSA) is 103 Å². The zero-order valence-electron chi connectivity index (χ0n) is 12.9. The summed E-state index contributed by atoms with van der Waals surface area (Å²) in [5.41, 5.74) is 1.18. The van der Waals surface area contributed by atoms with Crippen LogP contribution in [0.4, 0.5) is 0 Å². The monoisotopic (exact) mass is 369 g/mol. The van der Waals surface area contributed by atoms with Crippen LogP contribution in [0.25, 0.3) is 0 Å². The predicted molar refractivity (Wildman–Crippen MR) is 88.9 cm³/mol. The third-order valence-corrected chi connectivity index (χ3v) is 5.14. The molecule has 0 radical (unpaired) electrons. The second-order valence-corrected chi connectivity index (χ2v) is 8.11. The molecule has 0 saturated heterocycles. The summed E-state index contributed by atoms with van der Waals surface area (Å²) in [5.74, 6) is 0.0319. The third-order valence-electron chi connectivity index (χ3n) is 3.94. The fourth-order valence-electron chi connectivity index (χ4n) is 2.70. The molecule has 7 nitrogen and oxygen atoms in total. The Kier molecular flexibility index (Phi) is 4.37. The number of phenolic OH excluding ortho intramolecular Hbond substituents is 1. The molecule has 0 atom stereocenters. The molecule has 1 aromatic heterocycles. The molecule has 3 rings (SSSR count). The van der Waals surface area contributed by atoms with Crippen LogP contribution in [0, 0.1) is 0 Å². The van der Waals surface area contributed by atoms with Crippen molar-refractivity contribution < 1.29 is 13.5 Å². The Morgan fingerprint density at radius 3 is 2.88 bits per heavy atom. The summed E-state index contributed by atoms with van der Waals surface area (Å²) in [6.45, 7) is 1.35. The molecule has 0 unspecified atom stereocenters.